The van der Waals surface area contributed by atoms with Crippen LogP contribution in [0.2, 0.25) is 0 Å². The number of aryl methyl sites for hydroxylation is 2. The lowest BCUT2D eigenvalue weighted by atomic mass is 9.78. The Labute approximate surface area is 124 Å². The van der Waals surface area contributed by atoms with Crippen molar-refractivity contribution in [2.75, 3.05) is 0 Å². The molecular weight excluding hydrogens is 270 g/mol. The number of nitrogens with one attached hydrogen (secondary N) is 1. The van der Waals surface area contributed by atoms with Gasteiger partial charge in [0.2, 0.25) is 5.91 Å². The van der Waals surface area contributed by atoms with Crippen molar-refractivity contribution in [1.82, 2.24) is 15.1 Å². The monoisotopic (exact) mass is 293 g/mol. The third-order valence-electron chi connectivity index (χ3n) is 4.30. The van der Waals surface area contributed by atoms with Crippen LogP contribution in [0.15, 0.2) is 6.20 Å². The number of carboxylic acids is 1. The maximum Gasteiger partial charge on any atom is 0.307 e. The molecule has 0 aromatic carbocycles. The molecule has 0 spiro atoms. The number of hydrogen-bond donors (Lipinski definition) is 2. The number of amides is 1. The molecule has 2 rings (SSSR count). The van der Waals surface area contributed by atoms with Gasteiger partial charge in [0.05, 0.1) is 23.6 Å². The molecule has 1 heterocycles. The van der Waals surface area contributed by atoms with Crippen LogP contribution in [0.3, 0.4) is 0 Å². The van der Waals surface area contributed by atoms with Crippen LogP contribution in [0.5, 0.6) is 0 Å². The molecule has 1 aliphatic carbocycles. The molecule has 3 atom stereocenters. The summed E-state index contributed by atoms with van der Waals surface area (Å²) in [5.41, 5.74) is 1.84. The summed E-state index contributed by atoms with van der Waals surface area (Å²) in [5, 5.41) is 16.5. The topological polar surface area (TPSA) is 84.2 Å². The van der Waals surface area contributed by atoms with Gasteiger partial charge < -0.3 is 10.4 Å². The molecular formula is C15H23N3O3. The summed E-state index contributed by atoms with van der Waals surface area (Å²) >= 11 is 0. The van der Waals surface area contributed by atoms with Crippen LogP contribution >= 0.6 is 0 Å². The molecule has 116 valence electrons. The van der Waals surface area contributed by atoms with Crippen LogP contribution in [0, 0.1) is 18.8 Å². The molecule has 1 amide bonds. The van der Waals surface area contributed by atoms with Crippen molar-refractivity contribution < 1.29 is 14.7 Å². The molecule has 0 aliphatic heterocycles. The molecule has 1 aromatic rings. The number of aromatic nitrogens is 2. The van der Waals surface area contributed by atoms with Gasteiger partial charge in [-0.2, -0.15) is 5.10 Å². The summed E-state index contributed by atoms with van der Waals surface area (Å²) in [6, 6.07) is -0.164. The average Bonchev–Trinajstić information content (AvgIpc) is 2.77. The first-order valence-corrected chi connectivity index (χ1v) is 7.43. The third-order valence-corrected chi connectivity index (χ3v) is 4.30. The van der Waals surface area contributed by atoms with Crippen molar-refractivity contribution in [3.8, 4) is 0 Å². The molecule has 1 fully saturated rings. The third kappa shape index (κ3) is 3.43. The van der Waals surface area contributed by atoms with Crippen molar-refractivity contribution in [2.24, 2.45) is 18.9 Å². The first kappa shape index (κ1) is 15.5. The Morgan fingerprint density at radius 1 is 1.38 bits per heavy atom. The summed E-state index contributed by atoms with van der Waals surface area (Å²) in [5.74, 6) is -1.99. The quantitative estimate of drug-likeness (QED) is 0.886. The van der Waals surface area contributed by atoms with Gasteiger partial charge in [0.1, 0.15) is 0 Å². The van der Waals surface area contributed by atoms with E-state index in [1.807, 2.05) is 27.1 Å². The second-order valence-electron chi connectivity index (χ2n) is 5.91. The summed E-state index contributed by atoms with van der Waals surface area (Å²) in [4.78, 5) is 23.7. The lowest BCUT2D eigenvalue weighted by molar-refractivity contribution is -0.149. The Hall–Kier alpha value is -1.85. The summed E-state index contributed by atoms with van der Waals surface area (Å²) in [7, 11) is 1.84. The zero-order valence-electron chi connectivity index (χ0n) is 12.8. The van der Waals surface area contributed by atoms with Crippen LogP contribution in [-0.4, -0.2) is 26.8 Å². The minimum atomic E-state index is -0.861. The molecule has 0 saturated heterocycles. The molecule has 6 heteroatoms. The van der Waals surface area contributed by atoms with E-state index in [1.165, 1.54) is 0 Å². The Morgan fingerprint density at radius 2 is 2.00 bits per heavy atom. The second-order valence-corrected chi connectivity index (χ2v) is 5.91. The van der Waals surface area contributed by atoms with Gasteiger partial charge >= 0.3 is 5.97 Å². The van der Waals surface area contributed by atoms with Gasteiger partial charge in [-0.1, -0.05) is 12.8 Å². The number of carbonyl (C=O) groups is 2. The smallest absolute Gasteiger partial charge is 0.307 e. The molecule has 0 radical (unpaired) electrons. The van der Waals surface area contributed by atoms with E-state index >= 15 is 0 Å². The van der Waals surface area contributed by atoms with E-state index in [-0.39, 0.29) is 11.9 Å². The number of rotatable bonds is 4. The van der Waals surface area contributed by atoms with Gasteiger partial charge in [-0.3, -0.25) is 14.3 Å². The maximum atomic E-state index is 12.4. The van der Waals surface area contributed by atoms with Gasteiger partial charge in [-0.15, -0.1) is 0 Å². The Kier molecular flexibility index (Phi) is 4.65. The highest BCUT2D eigenvalue weighted by Crippen LogP contribution is 2.31. The highest BCUT2D eigenvalue weighted by atomic mass is 16.4. The van der Waals surface area contributed by atoms with Crippen molar-refractivity contribution in [1.29, 1.82) is 0 Å². The van der Waals surface area contributed by atoms with Crippen LogP contribution in [0.1, 0.15) is 49.9 Å². The fraction of sp³-hybridized carbons (Fsp3) is 0.667. The number of hydrogen-bond acceptors (Lipinski definition) is 3. The zero-order chi connectivity index (χ0) is 15.6. The summed E-state index contributed by atoms with van der Waals surface area (Å²) < 4.78 is 1.72. The molecule has 21 heavy (non-hydrogen) atoms. The number of aliphatic carboxylic acids is 1. The SMILES string of the molecule is Cc1nn(C)cc1[C@@H](C)NC(=O)[C@H]1CCCC[C@@H]1C(=O)O. The van der Waals surface area contributed by atoms with Gasteiger partial charge in [-0.05, 0) is 26.7 Å². The largest absolute Gasteiger partial charge is 0.481 e. The molecule has 2 N–H and O–H groups in total. The lowest BCUT2D eigenvalue weighted by Gasteiger charge is -2.28. The maximum absolute atomic E-state index is 12.4. The van der Waals surface area contributed by atoms with E-state index in [2.05, 4.69) is 10.4 Å². The number of carbonyl (C=O) groups excluding carboxylic acids is 1. The van der Waals surface area contributed by atoms with Gasteiger partial charge in [-0.25, -0.2) is 0 Å². The molecule has 1 aromatic heterocycles. The van der Waals surface area contributed by atoms with Gasteiger partial charge in [0.25, 0.3) is 0 Å². The normalized spacial score (nSPS) is 23.6. The second kappa shape index (κ2) is 6.28. The van der Waals surface area contributed by atoms with Crippen molar-refractivity contribution in [2.45, 2.75) is 45.6 Å². The minimum absolute atomic E-state index is 0.155. The van der Waals surface area contributed by atoms with E-state index in [0.717, 1.165) is 24.1 Å². The van der Waals surface area contributed by atoms with E-state index in [1.54, 1.807) is 4.68 Å². The van der Waals surface area contributed by atoms with Crippen molar-refractivity contribution >= 4 is 11.9 Å². The fourth-order valence-corrected chi connectivity index (χ4v) is 3.18. The van der Waals surface area contributed by atoms with E-state index in [0.29, 0.717) is 12.8 Å². The Morgan fingerprint density at radius 3 is 2.52 bits per heavy atom. The van der Waals surface area contributed by atoms with Crippen molar-refractivity contribution in [3.05, 3.63) is 17.5 Å². The highest BCUT2D eigenvalue weighted by Gasteiger charge is 2.36. The molecule has 6 nitrogen and oxygen atoms in total. The highest BCUT2D eigenvalue weighted by molar-refractivity contribution is 5.85. The molecule has 0 bridgehead atoms. The fourth-order valence-electron chi connectivity index (χ4n) is 3.18. The van der Waals surface area contributed by atoms with Crippen LogP contribution in [0.25, 0.3) is 0 Å². The van der Waals surface area contributed by atoms with Crippen LogP contribution in [0.4, 0.5) is 0 Å². The van der Waals surface area contributed by atoms with Gasteiger partial charge in [0, 0.05) is 18.8 Å². The first-order chi connectivity index (χ1) is 9.90. The molecule has 1 saturated carbocycles. The Balaban J connectivity index is 2.06. The minimum Gasteiger partial charge on any atom is -0.481 e. The predicted octanol–water partition coefficient (Wildman–Crippen LogP) is 1.80. The van der Waals surface area contributed by atoms with E-state index < -0.39 is 17.8 Å². The predicted molar refractivity (Wildman–Crippen MR) is 77.6 cm³/mol. The van der Waals surface area contributed by atoms with Gasteiger partial charge in [0.15, 0.2) is 0 Å². The van der Waals surface area contributed by atoms with Crippen molar-refractivity contribution in [3.63, 3.8) is 0 Å². The number of nitrogens with zero attached hydrogens (tertiary/aromatic N) is 2. The standard InChI is InChI=1S/C15H23N3O3/c1-9(13-8-18(3)17-10(13)2)16-14(19)11-6-4-5-7-12(11)15(20)21/h8-9,11-12H,4-7H2,1-3H3,(H,16,19)(H,20,21)/t9-,11+,12+/m1/s1. The lowest BCUT2D eigenvalue weighted by Crippen LogP contribution is -2.40. The van der Waals surface area contributed by atoms with E-state index in [9.17, 15) is 14.7 Å². The molecule has 0 unspecified atom stereocenters. The summed E-state index contributed by atoms with van der Waals surface area (Å²) in [6.07, 6.45) is 4.94. The number of carboxylic acid groups (broad SMARTS) is 1. The Bertz CT molecular complexity index is 538. The van der Waals surface area contributed by atoms with Crippen LogP contribution < -0.4 is 5.32 Å². The summed E-state index contributed by atoms with van der Waals surface area (Å²) in [6.45, 7) is 3.80. The first-order valence-electron chi connectivity index (χ1n) is 7.43. The molecule has 1 aliphatic rings. The van der Waals surface area contributed by atoms with Crippen LogP contribution in [-0.2, 0) is 16.6 Å². The average molecular weight is 293 g/mol. The zero-order valence-corrected chi connectivity index (χ0v) is 12.8. The van der Waals surface area contributed by atoms with E-state index in [4.69, 9.17) is 0 Å².